The predicted octanol–water partition coefficient (Wildman–Crippen LogP) is 3.46. The van der Waals surface area contributed by atoms with Gasteiger partial charge in [-0.25, -0.2) is 13.4 Å². The molecule has 1 N–H and O–H groups in total. The Morgan fingerprint density at radius 1 is 1.16 bits per heavy atom. The first kappa shape index (κ1) is 14.7. The van der Waals surface area contributed by atoms with Crippen LogP contribution in [-0.2, 0) is 10.0 Å². The number of hydrogen-bond acceptors (Lipinski definition) is 4. The van der Waals surface area contributed by atoms with Gasteiger partial charge in [-0.1, -0.05) is 11.6 Å². The van der Waals surface area contributed by atoms with Gasteiger partial charge in [0.15, 0.2) is 0 Å². The zero-order valence-corrected chi connectivity index (χ0v) is 13.9. The molecule has 0 amide bonds. The van der Waals surface area contributed by atoms with Crippen molar-refractivity contribution in [3.05, 3.63) is 44.8 Å². The number of nitrogens with one attached hydrogen (secondary N) is 1. The Hall–Kier alpha value is -0.700. The Labute approximate surface area is 131 Å². The lowest BCUT2D eigenvalue weighted by Gasteiger charge is -2.08. The Balaban J connectivity index is 2.33. The molecule has 0 saturated carbocycles. The van der Waals surface area contributed by atoms with E-state index in [0.29, 0.717) is 14.6 Å². The van der Waals surface area contributed by atoms with E-state index in [1.165, 1.54) is 30.7 Å². The first-order valence-corrected chi connectivity index (χ1v) is 8.27. The van der Waals surface area contributed by atoms with E-state index >= 15 is 0 Å². The highest BCUT2D eigenvalue weighted by atomic mass is 79.9. The van der Waals surface area contributed by atoms with Gasteiger partial charge in [0.2, 0.25) is 0 Å². The number of nitrogens with zero attached hydrogens (tertiary/aromatic N) is 2. The topological polar surface area (TPSA) is 72.0 Å². The van der Waals surface area contributed by atoms with Crippen LogP contribution in [0.2, 0.25) is 5.15 Å². The van der Waals surface area contributed by atoms with Gasteiger partial charge in [0.25, 0.3) is 10.0 Å². The van der Waals surface area contributed by atoms with Crippen molar-refractivity contribution in [3.8, 4) is 0 Å². The van der Waals surface area contributed by atoms with Gasteiger partial charge in [-0.3, -0.25) is 9.71 Å². The lowest BCUT2D eigenvalue weighted by atomic mass is 10.4. The molecular formula is C10H6Br2ClN3O2S. The third kappa shape index (κ3) is 3.65. The summed E-state index contributed by atoms with van der Waals surface area (Å²) in [6, 6.07) is 2.98. The summed E-state index contributed by atoms with van der Waals surface area (Å²) in [5, 5.41) is 0.257. The zero-order chi connectivity index (χ0) is 14.0. The molecule has 0 aromatic carbocycles. The second-order valence-electron chi connectivity index (χ2n) is 3.44. The molecule has 0 aliphatic heterocycles. The van der Waals surface area contributed by atoms with Crippen LogP contribution >= 0.6 is 43.5 Å². The van der Waals surface area contributed by atoms with Crippen LogP contribution in [0.5, 0.6) is 0 Å². The van der Waals surface area contributed by atoms with Crippen molar-refractivity contribution >= 4 is 59.2 Å². The van der Waals surface area contributed by atoms with Crippen LogP contribution in [0.25, 0.3) is 0 Å². The van der Waals surface area contributed by atoms with E-state index in [2.05, 4.69) is 46.5 Å². The summed E-state index contributed by atoms with van der Waals surface area (Å²) < 4.78 is 27.7. The number of sulfonamides is 1. The van der Waals surface area contributed by atoms with Crippen LogP contribution in [0.15, 0.2) is 44.6 Å². The van der Waals surface area contributed by atoms with Crippen LogP contribution in [0, 0.1) is 0 Å². The monoisotopic (exact) mass is 425 g/mol. The molecule has 0 unspecified atom stereocenters. The first-order chi connectivity index (χ1) is 8.88. The second-order valence-corrected chi connectivity index (χ2v) is 7.25. The molecule has 19 heavy (non-hydrogen) atoms. The number of aromatic nitrogens is 2. The van der Waals surface area contributed by atoms with Crippen molar-refractivity contribution < 1.29 is 8.42 Å². The Kier molecular flexibility index (Phi) is 4.44. The smallest absolute Gasteiger partial charge is 0.263 e. The highest BCUT2D eigenvalue weighted by Crippen LogP contribution is 2.24. The third-order valence-corrected chi connectivity index (χ3v) is 4.95. The molecule has 2 aromatic rings. The highest BCUT2D eigenvalue weighted by Gasteiger charge is 2.15. The second kappa shape index (κ2) is 5.74. The molecule has 5 nitrogen and oxygen atoms in total. The maximum Gasteiger partial charge on any atom is 0.263 e. The van der Waals surface area contributed by atoms with Crippen LogP contribution < -0.4 is 4.72 Å². The van der Waals surface area contributed by atoms with Gasteiger partial charge in [-0.15, -0.1) is 0 Å². The van der Waals surface area contributed by atoms with E-state index in [4.69, 9.17) is 11.6 Å². The van der Waals surface area contributed by atoms with E-state index in [-0.39, 0.29) is 10.0 Å². The van der Waals surface area contributed by atoms with E-state index in [1.54, 1.807) is 0 Å². The van der Waals surface area contributed by atoms with Crippen molar-refractivity contribution in [1.29, 1.82) is 0 Å². The van der Waals surface area contributed by atoms with Gasteiger partial charge in [0.05, 0.1) is 16.4 Å². The molecule has 0 atom stereocenters. The van der Waals surface area contributed by atoms with Gasteiger partial charge < -0.3 is 0 Å². The normalized spacial score (nSPS) is 11.3. The van der Waals surface area contributed by atoms with Gasteiger partial charge in [-0.05, 0) is 44.0 Å². The molecule has 100 valence electrons. The quantitative estimate of drug-likeness (QED) is 0.762. The van der Waals surface area contributed by atoms with E-state index in [9.17, 15) is 8.42 Å². The summed E-state index contributed by atoms with van der Waals surface area (Å²) in [4.78, 5) is 7.70. The van der Waals surface area contributed by atoms with E-state index in [0.717, 1.165) is 0 Å². The molecular weight excluding hydrogens is 421 g/mol. The number of rotatable bonds is 3. The summed E-state index contributed by atoms with van der Waals surface area (Å²) in [5.74, 6) is 0. The minimum atomic E-state index is -3.71. The number of anilines is 1. The Morgan fingerprint density at radius 2 is 1.89 bits per heavy atom. The number of pyridine rings is 2. The molecule has 2 rings (SSSR count). The average molecular weight is 428 g/mol. The summed E-state index contributed by atoms with van der Waals surface area (Å²) >= 11 is 12.1. The minimum absolute atomic E-state index is 0.0490. The van der Waals surface area contributed by atoms with E-state index < -0.39 is 10.0 Å². The molecule has 0 fully saturated rings. The van der Waals surface area contributed by atoms with Crippen molar-refractivity contribution in [3.63, 3.8) is 0 Å². The largest absolute Gasteiger partial charge is 0.278 e. The molecule has 0 bridgehead atoms. The van der Waals surface area contributed by atoms with Crippen molar-refractivity contribution in [1.82, 2.24) is 9.97 Å². The summed E-state index contributed by atoms with van der Waals surface area (Å²) in [7, 11) is -3.71. The van der Waals surface area contributed by atoms with Crippen LogP contribution in [0.3, 0.4) is 0 Å². The Morgan fingerprint density at radius 3 is 2.53 bits per heavy atom. The summed E-state index contributed by atoms with van der Waals surface area (Å²) in [5.41, 5.74) is 0.302. The minimum Gasteiger partial charge on any atom is -0.278 e. The van der Waals surface area contributed by atoms with Crippen LogP contribution in [0.1, 0.15) is 0 Å². The van der Waals surface area contributed by atoms with Crippen LogP contribution in [0.4, 0.5) is 5.69 Å². The fourth-order valence-corrected chi connectivity index (χ4v) is 3.22. The maximum absolute atomic E-state index is 12.1. The molecule has 0 spiro atoms. The lowest BCUT2D eigenvalue weighted by molar-refractivity contribution is 0.600. The van der Waals surface area contributed by atoms with Gasteiger partial charge in [0, 0.05) is 16.9 Å². The van der Waals surface area contributed by atoms with Crippen molar-refractivity contribution in [2.75, 3.05) is 4.72 Å². The highest BCUT2D eigenvalue weighted by molar-refractivity contribution is 9.10. The van der Waals surface area contributed by atoms with Gasteiger partial charge >= 0.3 is 0 Å². The van der Waals surface area contributed by atoms with E-state index in [1.807, 2.05) is 0 Å². The summed E-state index contributed by atoms with van der Waals surface area (Å²) in [6.45, 7) is 0. The van der Waals surface area contributed by atoms with Crippen molar-refractivity contribution in [2.45, 2.75) is 4.90 Å². The van der Waals surface area contributed by atoms with Gasteiger partial charge in [-0.2, -0.15) is 0 Å². The van der Waals surface area contributed by atoms with Crippen molar-refractivity contribution in [2.24, 2.45) is 0 Å². The first-order valence-electron chi connectivity index (χ1n) is 4.83. The standard InChI is InChI=1S/C10H6Br2ClN3O2S/c11-6-1-8(5-14-3-6)19(17,18)16-7-2-9(12)10(13)15-4-7/h1-5,16H. The molecule has 9 heteroatoms. The molecule has 2 heterocycles. The molecule has 0 aliphatic rings. The fraction of sp³-hybridized carbons (Fsp3) is 0. The molecule has 2 aromatic heterocycles. The number of halogens is 3. The predicted molar refractivity (Wildman–Crippen MR) is 79.7 cm³/mol. The van der Waals surface area contributed by atoms with Crippen LogP contribution in [-0.4, -0.2) is 18.4 Å². The fourth-order valence-electron chi connectivity index (χ4n) is 1.23. The summed E-state index contributed by atoms with van der Waals surface area (Å²) in [6.07, 6.45) is 4.08. The lowest BCUT2D eigenvalue weighted by Crippen LogP contribution is -2.13. The molecule has 0 aliphatic carbocycles. The molecule has 0 radical (unpaired) electrons. The molecule has 0 saturated heterocycles. The zero-order valence-electron chi connectivity index (χ0n) is 9.14. The Bertz CT molecular complexity index is 724. The SMILES string of the molecule is O=S(=O)(Nc1cnc(Cl)c(Br)c1)c1cncc(Br)c1. The number of hydrogen-bond donors (Lipinski definition) is 1. The third-order valence-electron chi connectivity index (χ3n) is 2.04. The maximum atomic E-state index is 12.1. The van der Waals surface area contributed by atoms with Gasteiger partial charge in [0.1, 0.15) is 10.0 Å². The average Bonchev–Trinajstić information content (AvgIpc) is 2.33.